The average molecular weight is 265 g/mol. The molecule has 19 heavy (non-hydrogen) atoms. The van der Waals surface area contributed by atoms with E-state index in [1.165, 1.54) is 6.26 Å². The Hall–Kier alpha value is -1.78. The number of aliphatic carboxylic acids is 1. The summed E-state index contributed by atoms with van der Waals surface area (Å²) in [4.78, 5) is 24.9. The molecule has 0 aliphatic carbocycles. The number of hydrogen-bond acceptors (Lipinski definition) is 3. The highest BCUT2D eigenvalue weighted by Gasteiger charge is 2.29. The molecule has 1 aromatic heterocycles. The first kappa shape index (κ1) is 13.6. The van der Waals surface area contributed by atoms with Crippen LogP contribution in [0, 0.1) is 6.92 Å². The van der Waals surface area contributed by atoms with E-state index in [-0.39, 0.29) is 18.4 Å². The van der Waals surface area contributed by atoms with E-state index in [9.17, 15) is 9.59 Å². The number of carboxylic acid groups (broad SMARTS) is 1. The minimum atomic E-state index is -0.813. The number of piperidine rings is 1. The maximum absolute atomic E-state index is 12.4. The maximum atomic E-state index is 12.4. The van der Waals surface area contributed by atoms with Gasteiger partial charge in [-0.2, -0.15) is 0 Å². The molecule has 5 heteroatoms. The summed E-state index contributed by atoms with van der Waals surface area (Å²) in [5.41, 5.74) is 0.826. The first-order chi connectivity index (χ1) is 9.09. The number of amides is 1. The highest BCUT2D eigenvalue weighted by Crippen LogP contribution is 2.24. The molecule has 1 aliphatic heterocycles. The van der Waals surface area contributed by atoms with E-state index >= 15 is 0 Å². The standard InChI is InChI=1S/C14H19NO4/c1-10-7-9-19-13(10)14(18)15-8-3-2-4-11(15)5-6-12(16)17/h7,9,11H,2-6,8H2,1H3,(H,16,17)/t11-/m1/s1. The van der Waals surface area contributed by atoms with E-state index in [4.69, 9.17) is 9.52 Å². The van der Waals surface area contributed by atoms with Crippen LogP contribution >= 0.6 is 0 Å². The van der Waals surface area contributed by atoms with Gasteiger partial charge in [0.15, 0.2) is 5.76 Å². The monoisotopic (exact) mass is 265 g/mol. The van der Waals surface area contributed by atoms with Crippen molar-refractivity contribution >= 4 is 11.9 Å². The number of carboxylic acids is 1. The number of furan rings is 1. The lowest BCUT2D eigenvalue weighted by atomic mass is 9.97. The van der Waals surface area contributed by atoms with Crippen molar-refractivity contribution in [2.75, 3.05) is 6.54 Å². The fourth-order valence-electron chi connectivity index (χ4n) is 2.58. The van der Waals surface area contributed by atoms with Crippen molar-refractivity contribution in [2.24, 2.45) is 0 Å². The van der Waals surface area contributed by atoms with Crippen LogP contribution in [-0.4, -0.2) is 34.5 Å². The van der Waals surface area contributed by atoms with Gasteiger partial charge in [-0.3, -0.25) is 9.59 Å². The second-order valence-corrected chi connectivity index (χ2v) is 5.01. The second-order valence-electron chi connectivity index (χ2n) is 5.01. The number of hydrogen-bond donors (Lipinski definition) is 1. The second kappa shape index (κ2) is 5.91. The van der Waals surface area contributed by atoms with Gasteiger partial charge in [-0.1, -0.05) is 0 Å². The van der Waals surface area contributed by atoms with Crippen molar-refractivity contribution < 1.29 is 19.1 Å². The van der Waals surface area contributed by atoms with Gasteiger partial charge in [-0.25, -0.2) is 0 Å². The summed E-state index contributed by atoms with van der Waals surface area (Å²) < 4.78 is 5.25. The van der Waals surface area contributed by atoms with Gasteiger partial charge in [-0.05, 0) is 38.7 Å². The number of nitrogens with zero attached hydrogens (tertiary/aromatic N) is 1. The smallest absolute Gasteiger partial charge is 0.303 e. The molecule has 1 atom stereocenters. The number of rotatable bonds is 4. The highest BCUT2D eigenvalue weighted by molar-refractivity contribution is 5.93. The molecule has 1 aromatic rings. The molecule has 0 bridgehead atoms. The quantitative estimate of drug-likeness (QED) is 0.907. The maximum Gasteiger partial charge on any atom is 0.303 e. The van der Waals surface area contributed by atoms with Crippen LogP contribution in [0.3, 0.4) is 0 Å². The predicted octanol–water partition coefficient (Wildman–Crippen LogP) is 2.45. The zero-order valence-electron chi connectivity index (χ0n) is 11.1. The van der Waals surface area contributed by atoms with Crippen LogP contribution < -0.4 is 0 Å². The summed E-state index contributed by atoms with van der Waals surface area (Å²) in [5, 5.41) is 8.78. The van der Waals surface area contributed by atoms with Crippen molar-refractivity contribution in [3.05, 3.63) is 23.7 Å². The Labute approximate surface area is 112 Å². The van der Waals surface area contributed by atoms with Gasteiger partial charge in [-0.15, -0.1) is 0 Å². The Morgan fingerprint density at radius 1 is 1.47 bits per heavy atom. The fourth-order valence-corrected chi connectivity index (χ4v) is 2.58. The predicted molar refractivity (Wildman–Crippen MR) is 69.0 cm³/mol. The number of carbonyl (C=O) groups is 2. The summed E-state index contributed by atoms with van der Waals surface area (Å²) >= 11 is 0. The van der Waals surface area contributed by atoms with E-state index in [2.05, 4.69) is 0 Å². The summed E-state index contributed by atoms with van der Waals surface area (Å²) in [6.07, 6.45) is 5.02. The molecule has 2 heterocycles. The van der Waals surface area contributed by atoms with Gasteiger partial charge in [0.25, 0.3) is 5.91 Å². The van der Waals surface area contributed by atoms with Crippen LogP contribution in [0.15, 0.2) is 16.7 Å². The molecule has 1 N–H and O–H groups in total. The first-order valence-electron chi connectivity index (χ1n) is 6.66. The minimum Gasteiger partial charge on any atom is -0.481 e. The zero-order chi connectivity index (χ0) is 13.8. The molecular weight excluding hydrogens is 246 g/mol. The van der Waals surface area contributed by atoms with Crippen molar-refractivity contribution in [1.82, 2.24) is 4.90 Å². The Kier molecular flexibility index (Phi) is 4.24. The van der Waals surface area contributed by atoms with Crippen LogP contribution in [0.2, 0.25) is 0 Å². The van der Waals surface area contributed by atoms with E-state index in [1.807, 2.05) is 6.92 Å². The van der Waals surface area contributed by atoms with Crippen LogP contribution in [0.1, 0.15) is 48.2 Å². The Bertz CT molecular complexity index is 466. The largest absolute Gasteiger partial charge is 0.481 e. The van der Waals surface area contributed by atoms with Crippen LogP contribution in [0.25, 0.3) is 0 Å². The van der Waals surface area contributed by atoms with Gasteiger partial charge < -0.3 is 14.4 Å². The molecule has 2 rings (SSSR count). The molecule has 0 radical (unpaired) electrons. The summed E-state index contributed by atoms with van der Waals surface area (Å²) in [6, 6.07) is 1.78. The molecule has 1 amide bonds. The normalized spacial score (nSPS) is 19.4. The SMILES string of the molecule is Cc1ccoc1C(=O)N1CCCC[C@@H]1CCC(=O)O. The Morgan fingerprint density at radius 2 is 2.26 bits per heavy atom. The Balaban J connectivity index is 2.08. The molecule has 0 saturated carbocycles. The van der Waals surface area contributed by atoms with Crippen LogP contribution in [0.5, 0.6) is 0 Å². The molecule has 1 aliphatic rings. The van der Waals surface area contributed by atoms with Crippen molar-refractivity contribution in [3.63, 3.8) is 0 Å². The van der Waals surface area contributed by atoms with Crippen LogP contribution in [-0.2, 0) is 4.79 Å². The highest BCUT2D eigenvalue weighted by atomic mass is 16.4. The lowest BCUT2D eigenvalue weighted by molar-refractivity contribution is -0.137. The molecule has 5 nitrogen and oxygen atoms in total. The van der Waals surface area contributed by atoms with Crippen LogP contribution in [0.4, 0.5) is 0 Å². The molecule has 104 valence electrons. The number of likely N-dealkylation sites (tertiary alicyclic amines) is 1. The van der Waals surface area contributed by atoms with Gasteiger partial charge >= 0.3 is 5.97 Å². The van der Waals surface area contributed by atoms with Gasteiger partial charge in [0.2, 0.25) is 0 Å². The molecule has 1 fully saturated rings. The number of aryl methyl sites for hydroxylation is 1. The minimum absolute atomic E-state index is 0.0156. The van der Waals surface area contributed by atoms with E-state index < -0.39 is 5.97 Å². The third kappa shape index (κ3) is 3.16. The summed E-state index contributed by atoms with van der Waals surface area (Å²) in [6.45, 7) is 2.52. The molecule has 0 unspecified atom stereocenters. The van der Waals surface area contributed by atoms with Gasteiger partial charge in [0.05, 0.1) is 6.26 Å². The summed E-state index contributed by atoms with van der Waals surface area (Å²) in [5.74, 6) is -0.549. The van der Waals surface area contributed by atoms with Gasteiger partial charge in [0, 0.05) is 24.6 Å². The van der Waals surface area contributed by atoms with E-state index in [0.29, 0.717) is 18.7 Å². The Morgan fingerprint density at radius 3 is 2.89 bits per heavy atom. The first-order valence-corrected chi connectivity index (χ1v) is 6.66. The van der Waals surface area contributed by atoms with Crippen molar-refractivity contribution in [2.45, 2.75) is 45.1 Å². The third-order valence-electron chi connectivity index (χ3n) is 3.64. The zero-order valence-corrected chi connectivity index (χ0v) is 11.1. The molecular formula is C14H19NO4. The van der Waals surface area contributed by atoms with Crippen molar-refractivity contribution in [3.8, 4) is 0 Å². The fraction of sp³-hybridized carbons (Fsp3) is 0.571. The van der Waals surface area contributed by atoms with Gasteiger partial charge in [0.1, 0.15) is 0 Å². The third-order valence-corrected chi connectivity index (χ3v) is 3.64. The molecule has 0 aromatic carbocycles. The van der Waals surface area contributed by atoms with E-state index in [0.717, 1.165) is 24.8 Å². The van der Waals surface area contributed by atoms with Crippen molar-refractivity contribution in [1.29, 1.82) is 0 Å². The summed E-state index contributed by atoms with van der Waals surface area (Å²) in [7, 11) is 0. The molecule has 0 spiro atoms. The van der Waals surface area contributed by atoms with E-state index in [1.54, 1.807) is 11.0 Å². The topological polar surface area (TPSA) is 70.8 Å². The average Bonchev–Trinajstić information content (AvgIpc) is 2.82. The lowest BCUT2D eigenvalue weighted by Gasteiger charge is -2.35. The lowest BCUT2D eigenvalue weighted by Crippen LogP contribution is -2.44. The molecule has 1 saturated heterocycles. The number of carbonyl (C=O) groups excluding carboxylic acids is 1.